The van der Waals surface area contributed by atoms with Crippen LogP contribution in [0.5, 0.6) is 0 Å². The summed E-state index contributed by atoms with van der Waals surface area (Å²) in [5.41, 5.74) is 6.26. The fourth-order valence-corrected chi connectivity index (χ4v) is 5.55. The van der Waals surface area contributed by atoms with E-state index >= 15 is 0 Å². The maximum atomic E-state index is 11.0. The third-order valence-corrected chi connectivity index (χ3v) is 7.48. The van der Waals surface area contributed by atoms with Gasteiger partial charge >= 0.3 is 0 Å². The van der Waals surface area contributed by atoms with E-state index in [0.29, 0.717) is 33.2 Å². The van der Waals surface area contributed by atoms with Crippen LogP contribution in [0.3, 0.4) is 0 Å². The van der Waals surface area contributed by atoms with Crippen LogP contribution in [0.1, 0.15) is 13.0 Å². The Labute approximate surface area is 202 Å². The highest BCUT2D eigenvalue weighted by Crippen LogP contribution is 2.41. The number of aliphatic hydroxyl groups is 2. The number of benzene rings is 1. The molecule has 0 saturated carbocycles. The molecule has 3 aromatic rings. The van der Waals surface area contributed by atoms with Gasteiger partial charge in [0.05, 0.1) is 22.8 Å². The van der Waals surface area contributed by atoms with Crippen molar-refractivity contribution in [2.75, 3.05) is 18.9 Å². The highest BCUT2D eigenvalue weighted by Gasteiger charge is 2.47. The first-order valence-corrected chi connectivity index (χ1v) is 12.2. The molecular weight excluding hydrogens is 497 g/mol. The lowest BCUT2D eigenvalue weighted by molar-refractivity contribution is -0.191. The third kappa shape index (κ3) is 4.90. The Hall–Kier alpha value is -1.44. The van der Waals surface area contributed by atoms with Gasteiger partial charge in [-0.1, -0.05) is 40.2 Å². The Kier molecular flexibility index (Phi) is 7.58. The van der Waals surface area contributed by atoms with Crippen LogP contribution in [-0.4, -0.2) is 67.2 Å². The van der Waals surface area contributed by atoms with Crippen molar-refractivity contribution in [2.24, 2.45) is 0 Å². The van der Waals surface area contributed by atoms with E-state index in [1.165, 1.54) is 27.8 Å². The number of aliphatic hydroxyl groups excluding tert-OH is 2. The van der Waals surface area contributed by atoms with E-state index in [2.05, 4.69) is 15.3 Å². The van der Waals surface area contributed by atoms with Gasteiger partial charge in [0.25, 0.3) is 0 Å². The number of aromatic nitrogens is 4. The molecule has 0 bridgehead atoms. The van der Waals surface area contributed by atoms with Gasteiger partial charge < -0.3 is 25.4 Å². The topological polar surface area (TPSA) is 129 Å². The van der Waals surface area contributed by atoms with E-state index in [1.807, 2.05) is 13.0 Å². The van der Waals surface area contributed by atoms with Gasteiger partial charge in [-0.15, -0.1) is 16.4 Å². The van der Waals surface area contributed by atoms with Gasteiger partial charge in [-0.05, 0) is 25.1 Å². The van der Waals surface area contributed by atoms with Crippen molar-refractivity contribution in [1.82, 2.24) is 20.0 Å². The van der Waals surface area contributed by atoms with Crippen molar-refractivity contribution in [3.05, 3.63) is 39.8 Å². The Bertz CT molecular complexity index is 1070. The molecule has 4 N–H and O–H groups in total. The van der Waals surface area contributed by atoms with Crippen LogP contribution in [0.4, 0.5) is 5.13 Å². The molecule has 9 nitrogen and oxygen atoms in total. The fraction of sp³-hybridized carbons (Fsp3) is 0.421. The molecule has 1 aliphatic heterocycles. The quantitative estimate of drug-likeness (QED) is 0.432. The molecular formula is C19H21Cl2N5O4S2. The SMILES string of the molecule is CCO[C@@H]1[C@@H](n2cc(-c3csc(N)n3)nn2)[C@@H](O)[C@@H](CO)O[C@@H]1Sc1ccc(Cl)c(Cl)c1. The monoisotopic (exact) mass is 517 g/mol. The predicted octanol–water partition coefficient (Wildman–Crippen LogP) is 3.11. The maximum Gasteiger partial charge on any atom is 0.180 e. The molecule has 1 saturated heterocycles. The second-order valence-corrected chi connectivity index (χ2v) is 9.85. The lowest BCUT2D eigenvalue weighted by Gasteiger charge is -2.43. The number of nitrogen functional groups attached to an aromatic ring is 1. The zero-order valence-corrected chi connectivity index (χ0v) is 20.0. The van der Waals surface area contributed by atoms with Crippen molar-refractivity contribution in [3.63, 3.8) is 0 Å². The number of nitrogens with zero attached hydrogens (tertiary/aromatic N) is 4. The maximum absolute atomic E-state index is 11.0. The zero-order chi connectivity index (χ0) is 22.8. The minimum atomic E-state index is -1.09. The minimum Gasteiger partial charge on any atom is -0.394 e. The average molecular weight is 518 g/mol. The van der Waals surface area contributed by atoms with E-state index in [4.69, 9.17) is 38.4 Å². The number of anilines is 1. The molecule has 2 aromatic heterocycles. The molecule has 0 amide bonds. The summed E-state index contributed by atoms with van der Waals surface area (Å²) in [5.74, 6) is 0. The van der Waals surface area contributed by atoms with Gasteiger partial charge in [0.2, 0.25) is 0 Å². The molecule has 3 heterocycles. The van der Waals surface area contributed by atoms with Crippen LogP contribution < -0.4 is 5.73 Å². The lowest BCUT2D eigenvalue weighted by atomic mass is 9.97. The number of hydrogen-bond acceptors (Lipinski definition) is 10. The number of thiazole rings is 1. The van der Waals surface area contributed by atoms with Gasteiger partial charge in [-0.25, -0.2) is 9.67 Å². The molecule has 0 radical (unpaired) electrons. The number of ether oxygens (including phenoxy) is 2. The Morgan fingerprint density at radius 1 is 1.31 bits per heavy atom. The molecule has 32 heavy (non-hydrogen) atoms. The predicted molar refractivity (Wildman–Crippen MR) is 124 cm³/mol. The Morgan fingerprint density at radius 2 is 2.12 bits per heavy atom. The zero-order valence-electron chi connectivity index (χ0n) is 16.8. The highest BCUT2D eigenvalue weighted by atomic mass is 35.5. The number of hydrogen-bond donors (Lipinski definition) is 3. The summed E-state index contributed by atoms with van der Waals surface area (Å²) in [7, 11) is 0. The van der Waals surface area contributed by atoms with E-state index in [9.17, 15) is 10.2 Å². The minimum absolute atomic E-state index is 0.376. The second-order valence-electron chi connectivity index (χ2n) is 6.98. The van der Waals surface area contributed by atoms with Crippen LogP contribution in [0.2, 0.25) is 10.0 Å². The molecule has 1 aliphatic rings. The van der Waals surface area contributed by atoms with E-state index in [1.54, 1.807) is 23.7 Å². The van der Waals surface area contributed by atoms with Crippen LogP contribution in [-0.2, 0) is 9.47 Å². The van der Waals surface area contributed by atoms with Crippen molar-refractivity contribution >= 4 is 51.4 Å². The molecule has 172 valence electrons. The summed E-state index contributed by atoms with van der Waals surface area (Å²) >= 11 is 14.9. The summed E-state index contributed by atoms with van der Waals surface area (Å²) in [6.07, 6.45) is -0.862. The first-order valence-electron chi connectivity index (χ1n) is 9.72. The molecule has 1 aromatic carbocycles. The highest BCUT2D eigenvalue weighted by molar-refractivity contribution is 7.99. The van der Waals surface area contributed by atoms with Gasteiger partial charge in [0, 0.05) is 16.9 Å². The normalized spacial score (nSPS) is 25.8. The molecule has 13 heteroatoms. The summed E-state index contributed by atoms with van der Waals surface area (Å²) in [6, 6.07) is 4.58. The summed E-state index contributed by atoms with van der Waals surface area (Å²) in [6.45, 7) is 1.86. The summed E-state index contributed by atoms with van der Waals surface area (Å²) < 4.78 is 13.5. The first kappa shape index (κ1) is 23.7. The first-order chi connectivity index (χ1) is 15.4. The van der Waals surface area contributed by atoms with Gasteiger partial charge in [-0.2, -0.15) is 0 Å². The van der Waals surface area contributed by atoms with E-state index < -0.39 is 29.8 Å². The van der Waals surface area contributed by atoms with Crippen LogP contribution in [0, 0.1) is 0 Å². The standard InChI is InChI=1S/C19H21Cl2N5O4S2/c1-2-29-17-15(26-6-12(24-25-26)13-8-31-19(22)23-13)16(28)14(7-27)30-18(17)32-9-3-4-10(20)11(21)5-9/h3-6,8,14-18,27-28H,2,7H2,1H3,(H2,22,23)/t14-,15+,16+,17-,18-/m1/s1. The number of thioether (sulfide) groups is 1. The number of rotatable bonds is 7. The van der Waals surface area contributed by atoms with Crippen molar-refractivity contribution in [2.45, 2.75) is 41.6 Å². The van der Waals surface area contributed by atoms with Gasteiger partial charge in [0.1, 0.15) is 41.2 Å². The van der Waals surface area contributed by atoms with E-state index in [-0.39, 0.29) is 6.61 Å². The number of halogens is 2. The molecule has 0 spiro atoms. The lowest BCUT2D eigenvalue weighted by Crippen LogP contribution is -2.55. The molecule has 4 rings (SSSR count). The van der Waals surface area contributed by atoms with Crippen molar-refractivity contribution < 1.29 is 19.7 Å². The van der Waals surface area contributed by atoms with Crippen molar-refractivity contribution in [1.29, 1.82) is 0 Å². The largest absolute Gasteiger partial charge is 0.394 e. The fourth-order valence-electron chi connectivity index (χ4n) is 3.46. The summed E-state index contributed by atoms with van der Waals surface area (Å²) in [4.78, 5) is 5.03. The van der Waals surface area contributed by atoms with Crippen LogP contribution in [0.15, 0.2) is 34.7 Å². The average Bonchev–Trinajstić information content (AvgIpc) is 3.42. The Balaban J connectivity index is 1.66. The summed E-state index contributed by atoms with van der Waals surface area (Å²) in [5, 5.41) is 32.3. The smallest absolute Gasteiger partial charge is 0.180 e. The van der Waals surface area contributed by atoms with E-state index in [0.717, 1.165) is 4.90 Å². The number of nitrogens with two attached hydrogens (primary N) is 1. The Morgan fingerprint density at radius 3 is 2.78 bits per heavy atom. The third-order valence-electron chi connectivity index (χ3n) is 4.93. The van der Waals surface area contributed by atoms with Gasteiger partial charge in [0.15, 0.2) is 5.13 Å². The van der Waals surface area contributed by atoms with Crippen molar-refractivity contribution in [3.8, 4) is 11.4 Å². The van der Waals surface area contributed by atoms with Gasteiger partial charge in [-0.3, -0.25) is 0 Å². The second kappa shape index (κ2) is 10.2. The molecule has 0 unspecified atom stereocenters. The molecule has 1 fully saturated rings. The molecule has 5 atom stereocenters. The molecule has 0 aliphatic carbocycles. The van der Waals surface area contributed by atoms with Crippen LogP contribution in [0.25, 0.3) is 11.4 Å². The van der Waals surface area contributed by atoms with Crippen LogP contribution >= 0.6 is 46.3 Å².